The van der Waals surface area contributed by atoms with E-state index in [0.717, 1.165) is 5.57 Å². The van der Waals surface area contributed by atoms with Crippen LogP contribution in [0.2, 0.25) is 0 Å². The van der Waals surface area contributed by atoms with E-state index in [-0.39, 0.29) is 12.8 Å². The smallest absolute Gasteiger partial charge is 0.303 e. The first kappa shape index (κ1) is 22.2. The van der Waals surface area contributed by atoms with Crippen LogP contribution >= 0.6 is 0 Å². The number of aliphatic hydroxyl groups is 5. The van der Waals surface area contributed by atoms with E-state index in [1.807, 2.05) is 13.0 Å². The van der Waals surface area contributed by atoms with Crippen LogP contribution in [0.15, 0.2) is 11.6 Å². The molecule has 0 amide bonds. The summed E-state index contributed by atoms with van der Waals surface area (Å²) in [5.74, 6) is -1.73. The predicted molar refractivity (Wildman–Crippen MR) is 108 cm³/mol. The van der Waals surface area contributed by atoms with Crippen molar-refractivity contribution in [3.05, 3.63) is 11.6 Å². The van der Waals surface area contributed by atoms with Crippen LogP contribution in [0.1, 0.15) is 66.2 Å². The Balaban J connectivity index is 1.93. The van der Waals surface area contributed by atoms with Crippen LogP contribution in [-0.4, -0.2) is 67.1 Å². The van der Waals surface area contributed by atoms with Gasteiger partial charge >= 0.3 is 5.97 Å². The van der Waals surface area contributed by atoms with Gasteiger partial charge in [0.05, 0.1) is 18.3 Å². The third kappa shape index (κ3) is 2.53. The normalized spacial score (nSPS) is 53.8. The lowest BCUT2D eigenvalue weighted by atomic mass is 9.42. The molecule has 0 saturated heterocycles. The van der Waals surface area contributed by atoms with Gasteiger partial charge in [-0.15, -0.1) is 0 Å². The fraction of sp³-hybridized carbons (Fsp3) is 0.870. The van der Waals surface area contributed by atoms with Crippen molar-refractivity contribution in [3.8, 4) is 0 Å². The zero-order chi connectivity index (χ0) is 22.3. The molecule has 0 aromatic heterocycles. The summed E-state index contributed by atoms with van der Waals surface area (Å²) in [6, 6.07) is 0. The van der Waals surface area contributed by atoms with Gasteiger partial charge in [0.1, 0.15) is 17.3 Å². The van der Waals surface area contributed by atoms with Crippen LogP contribution in [0.4, 0.5) is 0 Å². The highest BCUT2D eigenvalue weighted by atomic mass is 16.6. The second-order valence-corrected chi connectivity index (χ2v) is 10.7. The van der Waals surface area contributed by atoms with Crippen LogP contribution in [0.5, 0.6) is 0 Å². The summed E-state index contributed by atoms with van der Waals surface area (Å²) in [6.45, 7) is 6.60. The average Bonchev–Trinajstić information content (AvgIpc) is 2.94. The second kappa shape index (κ2) is 6.75. The number of ether oxygens (including phenoxy) is 1. The second-order valence-electron chi connectivity index (χ2n) is 10.7. The van der Waals surface area contributed by atoms with Crippen molar-refractivity contribution in [1.29, 1.82) is 0 Å². The highest BCUT2D eigenvalue weighted by Gasteiger charge is 2.79. The Labute approximate surface area is 177 Å². The molecule has 3 fully saturated rings. The lowest BCUT2D eigenvalue weighted by Crippen LogP contribution is -2.80. The summed E-state index contributed by atoms with van der Waals surface area (Å²) in [6.07, 6.45) is 0.809. The van der Waals surface area contributed by atoms with Gasteiger partial charge in [0, 0.05) is 18.3 Å². The summed E-state index contributed by atoms with van der Waals surface area (Å²) < 4.78 is 5.69. The highest BCUT2D eigenvalue weighted by molar-refractivity contribution is 5.66. The molecule has 3 saturated carbocycles. The van der Waals surface area contributed by atoms with Crippen LogP contribution in [0.25, 0.3) is 0 Å². The Morgan fingerprint density at radius 2 is 1.87 bits per heavy atom. The fourth-order valence-electron chi connectivity index (χ4n) is 7.86. The molecule has 0 aromatic carbocycles. The van der Waals surface area contributed by atoms with Gasteiger partial charge in [-0.2, -0.15) is 0 Å². The van der Waals surface area contributed by atoms with Gasteiger partial charge in [0.15, 0.2) is 0 Å². The van der Waals surface area contributed by atoms with Gasteiger partial charge in [-0.3, -0.25) is 4.79 Å². The molecule has 4 aliphatic carbocycles. The summed E-state index contributed by atoms with van der Waals surface area (Å²) in [5, 5.41) is 56.6. The van der Waals surface area contributed by atoms with Crippen LogP contribution in [-0.2, 0) is 9.53 Å². The zero-order valence-corrected chi connectivity index (χ0v) is 18.3. The van der Waals surface area contributed by atoms with E-state index in [9.17, 15) is 30.3 Å². The molecule has 7 heteroatoms. The van der Waals surface area contributed by atoms with Crippen molar-refractivity contribution in [1.82, 2.24) is 0 Å². The third-order valence-electron chi connectivity index (χ3n) is 9.38. The fourth-order valence-corrected chi connectivity index (χ4v) is 7.86. The SMILES string of the molecule is CC(=O)OC1C2C3(C)CCC(O)CC3=CCC2(O)C2(O)CCC(C(C)O)C2(C)C1O. The first-order chi connectivity index (χ1) is 13.8. The number of hydrogen-bond acceptors (Lipinski definition) is 7. The molecule has 5 N–H and O–H groups in total. The maximum absolute atomic E-state index is 12.2. The molecule has 0 heterocycles. The van der Waals surface area contributed by atoms with Crippen molar-refractivity contribution in [2.24, 2.45) is 22.7 Å². The summed E-state index contributed by atoms with van der Waals surface area (Å²) in [7, 11) is 0. The largest absolute Gasteiger partial charge is 0.459 e. The maximum atomic E-state index is 12.2. The number of esters is 1. The lowest BCUT2D eigenvalue weighted by molar-refractivity contribution is -0.332. The molecule has 30 heavy (non-hydrogen) atoms. The third-order valence-corrected chi connectivity index (χ3v) is 9.38. The van der Waals surface area contributed by atoms with Crippen molar-refractivity contribution in [2.45, 2.75) is 102 Å². The van der Waals surface area contributed by atoms with Gasteiger partial charge in [0.25, 0.3) is 0 Å². The Kier molecular flexibility index (Phi) is 5.00. The topological polar surface area (TPSA) is 127 Å². The number of carbonyl (C=O) groups is 1. The van der Waals surface area contributed by atoms with Crippen LogP contribution < -0.4 is 0 Å². The standard InChI is InChI=1S/C23H36O7/c1-12(24)16-7-10-23(29)21(16,4)19(27)17(30-13(2)25)18-20(3)8-6-15(26)11-14(20)5-9-22(18,23)28/h5,12,15-19,24,26-29H,6-11H2,1-4H3. The molecule has 0 spiro atoms. The predicted octanol–water partition coefficient (Wildman–Crippen LogP) is 1.05. The van der Waals surface area contributed by atoms with Crippen molar-refractivity contribution in [2.75, 3.05) is 0 Å². The minimum absolute atomic E-state index is 0.151. The van der Waals surface area contributed by atoms with Crippen molar-refractivity contribution >= 4 is 5.97 Å². The molecule has 4 aliphatic rings. The molecule has 0 aliphatic heterocycles. The maximum Gasteiger partial charge on any atom is 0.303 e. The van der Waals surface area contributed by atoms with E-state index in [4.69, 9.17) is 4.74 Å². The van der Waals surface area contributed by atoms with Gasteiger partial charge in [0.2, 0.25) is 0 Å². The highest BCUT2D eigenvalue weighted by Crippen LogP contribution is 2.70. The van der Waals surface area contributed by atoms with E-state index in [1.165, 1.54) is 6.92 Å². The molecule has 0 aromatic rings. The van der Waals surface area contributed by atoms with E-state index >= 15 is 0 Å². The molecule has 10 unspecified atom stereocenters. The number of aliphatic hydroxyl groups excluding tert-OH is 3. The Morgan fingerprint density at radius 3 is 2.47 bits per heavy atom. The average molecular weight is 425 g/mol. The molecule has 10 atom stereocenters. The minimum Gasteiger partial charge on any atom is -0.459 e. The van der Waals surface area contributed by atoms with Gasteiger partial charge in [-0.1, -0.05) is 25.5 Å². The summed E-state index contributed by atoms with van der Waals surface area (Å²) >= 11 is 0. The molecule has 170 valence electrons. The number of carbonyl (C=O) groups excluding carboxylic acids is 1. The van der Waals surface area contributed by atoms with Crippen molar-refractivity contribution in [3.63, 3.8) is 0 Å². The van der Waals surface area contributed by atoms with Crippen molar-refractivity contribution < 1.29 is 35.1 Å². The first-order valence-corrected chi connectivity index (χ1v) is 11.2. The van der Waals surface area contributed by atoms with E-state index in [2.05, 4.69) is 0 Å². The molecular formula is C23H36O7. The van der Waals surface area contributed by atoms with E-state index in [0.29, 0.717) is 25.7 Å². The van der Waals surface area contributed by atoms with Crippen LogP contribution in [0, 0.1) is 22.7 Å². The summed E-state index contributed by atoms with van der Waals surface area (Å²) in [4.78, 5) is 12.1. The summed E-state index contributed by atoms with van der Waals surface area (Å²) in [5.41, 5.74) is -4.18. The molecule has 4 rings (SSSR count). The molecule has 7 nitrogen and oxygen atoms in total. The van der Waals surface area contributed by atoms with E-state index in [1.54, 1.807) is 13.8 Å². The Morgan fingerprint density at radius 1 is 1.20 bits per heavy atom. The molecule has 0 radical (unpaired) electrons. The quantitative estimate of drug-likeness (QED) is 0.331. The monoisotopic (exact) mass is 424 g/mol. The van der Waals surface area contributed by atoms with Gasteiger partial charge < -0.3 is 30.3 Å². The first-order valence-electron chi connectivity index (χ1n) is 11.2. The zero-order valence-electron chi connectivity index (χ0n) is 18.3. The minimum atomic E-state index is -1.65. The van der Waals surface area contributed by atoms with Gasteiger partial charge in [-0.25, -0.2) is 0 Å². The number of hydrogen-bond donors (Lipinski definition) is 5. The Hall–Kier alpha value is -0.990. The van der Waals surface area contributed by atoms with E-state index < -0.39 is 64.3 Å². The molecule has 0 bridgehead atoms. The molecular weight excluding hydrogens is 388 g/mol. The van der Waals surface area contributed by atoms with Gasteiger partial charge in [-0.05, 0) is 56.8 Å². The lowest BCUT2D eigenvalue weighted by Gasteiger charge is -2.68. The number of rotatable bonds is 2. The van der Waals surface area contributed by atoms with Crippen LogP contribution in [0.3, 0.4) is 0 Å². The Bertz CT molecular complexity index is 765. The number of fused-ring (bicyclic) bond motifs is 5.